The molecule has 1 fully saturated rings. The molecular weight excluding hydrogens is 398 g/mol. The SMILES string of the molecule is O=c1[nH]c(=O)c2cc(S(=O)(=O)NCc3cccnc3N3CCOCC3)ccc2[nH]1. The molecule has 1 saturated heterocycles. The largest absolute Gasteiger partial charge is 0.378 e. The van der Waals surface area contributed by atoms with Crippen molar-refractivity contribution in [2.45, 2.75) is 11.4 Å². The van der Waals surface area contributed by atoms with Crippen LogP contribution in [0.4, 0.5) is 5.82 Å². The van der Waals surface area contributed by atoms with Gasteiger partial charge in [0, 0.05) is 31.4 Å². The van der Waals surface area contributed by atoms with E-state index in [0.29, 0.717) is 32.1 Å². The highest BCUT2D eigenvalue weighted by atomic mass is 32.2. The summed E-state index contributed by atoms with van der Waals surface area (Å²) in [6.07, 6.45) is 1.67. The lowest BCUT2D eigenvalue weighted by Crippen LogP contribution is -2.37. The van der Waals surface area contributed by atoms with Gasteiger partial charge in [-0.1, -0.05) is 6.07 Å². The standard InChI is InChI=1S/C18H19N5O5S/c24-17-14-10-13(3-4-15(14)21-18(25)22-17)29(26,27)20-11-12-2-1-5-19-16(12)23-6-8-28-9-7-23/h1-5,10,20H,6-9,11H2,(H2,21,22,24,25). The lowest BCUT2D eigenvalue weighted by Gasteiger charge is -2.29. The van der Waals surface area contributed by atoms with Crippen LogP contribution in [0, 0.1) is 0 Å². The summed E-state index contributed by atoms with van der Waals surface area (Å²) in [5, 5.41) is 0.0860. The van der Waals surface area contributed by atoms with Crippen LogP contribution in [0.5, 0.6) is 0 Å². The second-order valence-corrected chi connectivity index (χ2v) is 8.29. The molecule has 0 aliphatic carbocycles. The number of H-pyrrole nitrogens is 2. The van der Waals surface area contributed by atoms with Gasteiger partial charge in [0.2, 0.25) is 10.0 Å². The van der Waals surface area contributed by atoms with Crippen molar-refractivity contribution in [3.8, 4) is 0 Å². The lowest BCUT2D eigenvalue weighted by atomic mass is 10.2. The highest BCUT2D eigenvalue weighted by Gasteiger charge is 2.19. The van der Waals surface area contributed by atoms with Gasteiger partial charge in [-0.2, -0.15) is 0 Å². The van der Waals surface area contributed by atoms with Gasteiger partial charge in [-0.25, -0.2) is 22.9 Å². The van der Waals surface area contributed by atoms with Crippen molar-refractivity contribution in [1.29, 1.82) is 0 Å². The normalized spacial score (nSPS) is 15.0. The van der Waals surface area contributed by atoms with Crippen molar-refractivity contribution in [3.05, 3.63) is 62.9 Å². The summed E-state index contributed by atoms with van der Waals surface area (Å²) in [5.41, 5.74) is -0.299. The molecule has 29 heavy (non-hydrogen) atoms. The van der Waals surface area contributed by atoms with Gasteiger partial charge in [0.1, 0.15) is 5.82 Å². The molecule has 0 unspecified atom stereocenters. The smallest absolute Gasteiger partial charge is 0.326 e. The first-order chi connectivity index (χ1) is 13.9. The van der Waals surface area contributed by atoms with Crippen LogP contribution in [0.15, 0.2) is 51.0 Å². The highest BCUT2D eigenvalue weighted by molar-refractivity contribution is 7.89. The van der Waals surface area contributed by atoms with E-state index in [9.17, 15) is 18.0 Å². The first-order valence-electron chi connectivity index (χ1n) is 8.97. The summed E-state index contributed by atoms with van der Waals surface area (Å²) in [4.78, 5) is 34.2. The Labute approximate surface area is 165 Å². The molecule has 0 spiro atoms. The molecule has 4 rings (SSSR count). The fourth-order valence-corrected chi connectivity index (χ4v) is 4.23. The number of sulfonamides is 1. The summed E-state index contributed by atoms with van der Waals surface area (Å²) in [6.45, 7) is 2.60. The van der Waals surface area contributed by atoms with Crippen molar-refractivity contribution in [3.63, 3.8) is 0 Å². The molecule has 152 valence electrons. The molecule has 3 N–H and O–H groups in total. The van der Waals surface area contributed by atoms with Crippen molar-refractivity contribution < 1.29 is 13.2 Å². The molecule has 0 amide bonds. The van der Waals surface area contributed by atoms with Crippen LogP contribution in [-0.2, 0) is 21.3 Å². The lowest BCUT2D eigenvalue weighted by molar-refractivity contribution is 0.122. The number of morpholine rings is 1. The number of fused-ring (bicyclic) bond motifs is 1. The van der Waals surface area contributed by atoms with E-state index in [1.54, 1.807) is 12.3 Å². The van der Waals surface area contributed by atoms with E-state index in [4.69, 9.17) is 4.74 Å². The van der Waals surface area contributed by atoms with Crippen LogP contribution in [-0.4, -0.2) is 49.7 Å². The summed E-state index contributed by atoms with van der Waals surface area (Å²) in [6, 6.07) is 7.53. The third kappa shape index (κ3) is 4.06. The summed E-state index contributed by atoms with van der Waals surface area (Å²) < 4.78 is 33.4. The molecule has 3 aromatic rings. The zero-order valence-electron chi connectivity index (χ0n) is 15.3. The topological polar surface area (TPSA) is 137 Å². The van der Waals surface area contributed by atoms with Gasteiger partial charge in [-0.05, 0) is 24.3 Å². The minimum atomic E-state index is -3.89. The van der Waals surface area contributed by atoms with E-state index in [-0.39, 0.29) is 22.3 Å². The molecule has 10 nitrogen and oxygen atoms in total. The maximum absolute atomic E-state index is 12.8. The van der Waals surface area contributed by atoms with E-state index >= 15 is 0 Å². The van der Waals surface area contributed by atoms with Crippen LogP contribution < -0.4 is 20.9 Å². The Bertz CT molecular complexity index is 1260. The number of ether oxygens (including phenoxy) is 1. The van der Waals surface area contributed by atoms with Gasteiger partial charge in [-0.3, -0.25) is 9.78 Å². The Hall–Kier alpha value is -3.02. The van der Waals surface area contributed by atoms with Gasteiger partial charge in [0.25, 0.3) is 5.56 Å². The summed E-state index contributed by atoms with van der Waals surface area (Å²) in [5.74, 6) is 0.714. The molecular formula is C18H19N5O5S. The van der Waals surface area contributed by atoms with Crippen LogP contribution in [0.2, 0.25) is 0 Å². The molecule has 3 heterocycles. The second-order valence-electron chi connectivity index (χ2n) is 6.53. The van der Waals surface area contributed by atoms with Gasteiger partial charge in [0.15, 0.2) is 0 Å². The van der Waals surface area contributed by atoms with Gasteiger partial charge in [0.05, 0.1) is 29.0 Å². The minimum absolute atomic E-state index is 0.0445. The average molecular weight is 417 g/mol. The van der Waals surface area contributed by atoms with Crippen molar-refractivity contribution in [2.24, 2.45) is 0 Å². The number of nitrogens with zero attached hydrogens (tertiary/aromatic N) is 2. The highest BCUT2D eigenvalue weighted by Crippen LogP contribution is 2.20. The number of benzene rings is 1. The first kappa shape index (κ1) is 19.3. The van der Waals surface area contributed by atoms with Gasteiger partial charge >= 0.3 is 5.69 Å². The number of hydrogen-bond donors (Lipinski definition) is 3. The third-order valence-electron chi connectivity index (χ3n) is 4.65. The van der Waals surface area contributed by atoms with Crippen LogP contribution in [0.3, 0.4) is 0 Å². The maximum atomic E-state index is 12.8. The Morgan fingerprint density at radius 1 is 1.14 bits per heavy atom. The summed E-state index contributed by atoms with van der Waals surface area (Å²) >= 11 is 0. The van der Waals surface area contributed by atoms with Crippen LogP contribution in [0.25, 0.3) is 10.9 Å². The molecule has 2 aromatic heterocycles. The third-order valence-corrected chi connectivity index (χ3v) is 6.05. The zero-order valence-corrected chi connectivity index (χ0v) is 16.2. The molecule has 0 bridgehead atoms. The van der Waals surface area contributed by atoms with Crippen molar-refractivity contribution >= 4 is 26.7 Å². The minimum Gasteiger partial charge on any atom is -0.378 e. The van der Waals surface area contributed by atoms with E-state index in [2.05, 4.69) is 24.6 Å². The monoisotopic (exact) mass is 417 g/mol. The number of pyridine rings is 1. The number of rotatable bonds is 5. The van der Waals surface area contributed by atoms with E-state index < -0.39 is 21.3 Å². The average Bonchev–Trinajstić information content (AvgIpc) is 2.73. The predicted octanol–water partition coefficient (Wildman–Crippen LogP) is -0.0735. The van der Waals surface area contributed by atoms with Gasteiger partial charge < -0.3 is 14.6 Å². The molecule has 1 aliphatic rings. The number of hydrogen-bond acceptors (Lipinski definition) is 7. The van der Waals surface area contributed by atoms with Crippen molar-refractivity contribution in [2.75, 3.05) is 31.2 Å². The number of aromatic nitrogens is 3. The fraction of sp³-hybridized carbons (Fsp3) is 0.278. The molecule has 0 saturated carbocycles. The van der Waals surface area contributed by atoms with Crippen molar-refractivity contribution in [1.82, 2.24) is 19.7 Å². The molecule has 0 radical (unpaired) electrons. The Morgan fingerprint density at radius 3 is 2.72 bits per heavy atom. The zero-order chi connectivity index (χ0) is 20.4. The summed E-state index contributed by atoms with van der Waals surface area (Å²) in [7, 11) is -3.89. The first-order valence-corrected chi connectivity index (χ1v) is 10.4. The molecule has 0 atom stereocenters. The Kier molecular flexibility index (Phi) is 5.18. The van der Waals surface area contributed by atoms with Gasteiger partial charge in [-0.15, -0.1) is 0 Å². The van der Waals surface area contributed by atoms with Crippen LogP contribution in [0.1, 0.15) is 5.56 Å². The molecule has 1 aliphatic heterocycles. The number of nitrogens with one attached hydrogen (secondary N) is 3. The molecule has 11 heteroatoms. The Morgan fingerprint density at radius 2 is 1.93 bits per heavy atom. The Balaban J connectivity index is 1.59. The van der Waals surface area contributed by atoms with E-state index in [0.717, 1.165) is 5.56 Å². The molecule has 1 aromatic carbocycles. The van der Waals surface area contributed by atoms with E-state index in [1.807, 2.05) is 6.07 Å². The van der Waals surface area contributed by atoms with Crippen LogP contribution >= 0.6 is 0 Å². The second kappa shape index (κ2) is 7.78. The maximum Gasteiger partial charge on any atom is 0.326 e. The van der Waals surface area contributed by atoms with E-state index in [1.165, 1.54) is 18.2 Å². The predicted molar refractivity (Wildman–Crippen MR) is 106 cm³/mol. The number of anilines is 1. The quantitative estimate of drug-likeness (QED) is 0.528. The number of aromatic amines is 2. The fourth-order valence-electron chi connectivity index (χ4n) is 3.20.